The second-order valence-corrected chi connectivity index (χ2v) is 8.87. The highest BCUT2D eigenvalue weighted by Gasteiger charge is 2.68. The molecule has 2 amide bonds. The number of hydrogen-bond donors (Lipinski definition) is 1. The van der Waals surface area contributed by atoms with E-state index in [9.17, 15) is 14.4 Å². The molecule has 3 aromatic carbocycles. The number of imide groups is 1. The van der Waals surface area contributed by atoms with Gasteiger partial charge in [-0.1, -0.05) is 60.7 Å². The molecule has 35 heavy (non-hydrogen) atoms. The molecule has 2 saturated heterocycles. The van der Waals surface area contributed by atoms with Crippen molar-refractivity contribution in [1.82, 2.24) is 5.32 Å². The van der Waals surface area contributed by atoms with E-state index in [2.05, 4.69) is 5.32 Å². The van der Waals surface area contributed by atoms with Gasteiger partial charge in [0.2, 0.25) is 11.8 Å². The first kappa shape index (κ1) is 22.8. The van der Waals surface area contributed by atoms with E-state index in [1.165, 1.54) is 12.0 Å². The number of nitrogens with one attached hydrogen (secondary N) is 1. The Kier molecular flexibility index (Phi) is 5.86. The number of anilines is 1. The van der Waals surface area contributed by atoms with Crippen molar-refractivity contribution in [2.75, 3.05) is 19.1 Å². The molecule has 7 nitrogen and oxygen atoms in total. The van der Waals surface area contributed by atoms with E-state index in [1.54, 1.807) is 43.5 Å². The molecule has 0 radical (unpaired) electrons. The summed E-state index contributed by atoms with van der Waals surface area (Å²) in [5.74, 6) is -2.35. The molecule has 0 unspecified atom stereocenters. The number of benzene rings is 3. The SMILES string of the molecule is COC(=O)[C@@]1(Cc2ccccc2)N[C@@H](c2ccc(OC)cc2)[C@@H]2C(=O)N(c3ccccc3)C(=O)[C@H]21. The lowest BCUT2D eigenvalue weighted by Gasteiger charge is -2.32. The van der Waals surface area contributed by atoms with Crippen molar-refractivity contribution in [2.45, 2.75) is 18.0 Å². The lowest BCUT2D eigenvalue weighted by Crippen LogP contribution is -2.57. The van der Waals surface area contributed by atoms with Crippen LogP contribution in [0.1, 0.15) is 17.2 Å². The van der Waals surface area contributed by atoms with Crippen LogP contribution in [0.2, 0.25) is 0 Å². The molecule has 4 atom stereocenters. The van der Waals surface area contributed by atoms with Gasteiger partial charge in [0.05, 0.1) is 31.7 Å². The Morgan fingerprint density at radius 1 is 0.886 bits per heavy atom. The number of fused-ring (bicyclic) bond motifs is 1. The molecule has 2 aliphatic rings. The number of amides is 2. The maximum atomic E-state index is 13.9. The minimum atomic E-state index is -1.42. The molecule has 0 aromatic heterocycles. The Morgan fingerprint density at radius 2 is 1.51 bits per heavy atom. The molecule has 0 bridgehead atoms. The van der Waals surface area contributed by atoms with E-state index in [0.717, 1.165) is 11.1 Å². The second kappa shape index (κ2) is 9.00. The van der Waals surface area contributed by atoms with Crippen molar-refractivity contribution >= 4 is 23.5 Å². The van der Waals surface area contributed by atoms with Crippen molar-refractivity contribution in [3.05, 3.63) is 96.1 Å². The third kappa shape index (κ3) is 3.68. The van der Waals surface area contributed by atoms with Crippen LogP contribution < -0.4 is 15.0 Å². The lowest BCUT2D eigenvalue weighted by molar-refractivity contribution is -0.152. The van der Waals surface area contributed by atoms with Crippen LogP contribution in [0.15, 0.2) is 84.9 Å². The minimum absolute atomic E-state index is 0.204. The average Bonchev–Trinajstić information content (AvgIpc) is 3.38. The number of carbonyl (C=O) groups excluding carboxylic acids is 3. The van der Waals surface area contributed by atoms with Gasteiger partial charge >= 0.3 is 5.97 Å². The van der Waals surface area contributed by atoms with Gasteiger partial charge in [-0.3, -0.25) is 19.7 Å². The summed E-state index contributed by atoms with van der Waals surface area (Å²) in [6, 6.07) is 25.0. The van der Waals surface area contributed by atoms with Crippen molar-refractivity contribution < 1.29 is 23.9 Å². The van der Waals surface area contributed by atoms with Crippen LogP contribution in [0, 0.1) is 11.8 Å². The molecular formula is C28H26N2O5. The second-order valence-electron chi connectivity index (χ2n) is 8.87. The largest absolute Gasteiger partial charge is 0.497 e. The number of esters is 1. The van der Waals surface area contributed by atoms with E-state index < -0.39 is 35.3 Å². The zero-order valence-electron chi connectivity index (χ0n) is 19.5. The molecule has 178 valence electrons. The number of rotatable bonds is 6. The van der Waals surface area contributed by atoms with E-state index >= 15 is 0 Å². The topological polar surface area (TPSA) is 84.9 Å². The molecule has 3 aromatic rings. The molecule has 0 spiro atoms. The fourth-order valence-electron chi connectivity index (χ4n) is 5.45. The highest BCUT2D eigenvalue weighted by atomic mass is 16.5. The Bertz CT molecular complexity index is 1250. The van der Waals surface area contributed by atoms with Crippen LogP contribution >= 0.6 is 0 Å². The highest BCUT2D eigenvalue weighted by molar-refractivity contribution is 6.24. The summed E-state index contributed by atoms with van der Waals surface area (Å²) in [7, 11) is 2.89. The number of nitrogens with zero attached hydrogens (tertiary/aromatic N) is 1. The standard InChI is InChI=1S/C28H26N2O5/c1-34-21-15-13-19(14-16-21)24-22-23(26(32)30(25(22)31)20-11-7-4-8-12-20)28(29-24,27(33)35-2)17-18-9-5-3-6-10-18/h3-16,22-24,29H,17H2,1-2H3/t22-,23+,24+,28+/m1/s1. The third-order valence-corrected chi connectivity index (χ3v) is 7.02. The quantitative estimate of drug-likeness (QED) is 0.440. The van der Waals surface area contributed by atoms with Gasteiger partial charge in [-0.25, -0.2) is 4.90 Å². The monoisotopic (exact) mass is 470 g/mol. The Morgan fingerprint density at radius 3 is 2.11 bits per heavy atom. The molecule has 2 heterocycles. The summed E-state index contributed by atoms with van der Waals surface area (Å²) in [4.78, 5) is 42.5. The number of para-hydroxylation sites is 1. The van der Waals surface area contributed by atoms with Crippen molar-refractivity contribution in [3.8, 4) is 5.75 Å². The van der Waals surface area contributed by atoms with Crippen LogP contribution in [0.4, 0.5) is 5.69 Å². The number of carbonyl (C=O) groups is 3. The maximum Gasteiger partial charge on any atom is 0.327 e. The predicted molar refractivity (Wildman–Crippen MR) is 130 cm³/mol. The normalized spacial score (nSPS) is 25.4. The molecule has 0 aliphatic carbocycles. The number of hydrogen-bond acceptors (Lipinski definition) is 6. The molecule has 2 fully saturated rings. The Labute approximate surface area is 203 Å². The molecule has 2 aliphatic heterocycles. The minimum Gasteiger partial charge on any atom is -0.497 e. The summed E-state index contributed by atoms with van der Waals surface area (Å²) in [5, 5.41) is 3.41. The molecule has 5 rings (SSSR count). The zero-order valence-corrected chi connectivity index (χ0v) is 19.5. The molecule has 0 saturated carbocycles. The van der Waals surface area contributed by atoms with E-state index in [0.29, 0.717) is 11.4 Å². The molecule has 1 N–H and O–H groups in total. The van der Waals surface area contributed by atoms with Crippen LogP contribution in [-0.4, -0.2) is 37.5 Å². The van der Waals surface area contributed by atoms with Crippen molar-refractivity contribution in [3.63, 3.8) is 0 Å². The molecule has 7 heteroatoms. The van der Waals surface area contributed by atoms with Crippen molar-refractivity contribution in [2.24, 2.45) is 11.8 Å². The van der Waals surface area contributed by atoms with Crippen LogP contribution in [0.25, 0.3) is 0 Å². The highest BCUT2D eigenvalue weighted by Crippen LogP contribution is 2.51. The summed E-state index contributed by atoms with van der Waals surface area (Å²) >= 11 is 0. The van der Waals surface area contributed by atoms with Crippen LogP contribution in [0.3, 0.4) is 0 Å². The first-order valence-corrected chi connectivity index (χ1v) is 11.5. The summed E-state index contributed by atoms with van der Waals surface area (Å²) in [5.41, 5.74) is 0.722. The zero-order chi connectivity index (χ0) is 24.6. The van der Waals surface area contributed by atoms with Gasteiger partial charge in [-0.15, -0.1) is 0 Å². The van der Waals surface area contributed by atoms with Gasteiger partial charge in [0.25, 0.3) is 0 Å². The fraction of sp³-hybridized carbons (Fsp3) is 0.250. The first-order chi connectivity index (χ1) is 17.0. The third-order valence-electron chi connectivity index (χ3n) is 7.02. The van der Waals surface area contributed by atoms with E-state index in [1.807, 2.05) is 48.5 Å². The summed E-state index contributed by atoms with van der Waals surface area (Å²) < 4.78 is 10.5. The van der Waals surface area contributed by atoms with Crippen molar-refractivity contribution in [1.29, 1.82) is 0 Å². The fourth-order valence-corrected chi connectivity index (χ4v) is 5.45. The Balaban J connectivity index is 1.66. The van der Waals surface area contributed by atoms with Crippen LogP contribution in [-0.2, 0) is 25.5 Å². The van der Waals surface area contributed by atoms with Crippen LogP contribution in [0.5, 0.6) is 5.75 Å². The van der Waals surface area contributed by atoms with Gasteiger partial charge in [0, 0.05) is 12.5 Å². The van der Waals surface area contributed by atoms with Gasteiger partial charge < -0.3 is 9.47 Å². The predicted octanol–water partition coefficient (Wildman–Crippen LogP) is 3.30. The van der Waals surface area contributed by atoms with Gasteiger partial charge in [0.15, 0.2) is 0 Å². The smallest absolute Gasteiger partial charge is 0.327 e. The average molecular weight is 471 g/mol. The number of ether oxygens (including phenoxy) is 2. The van der Waals surface area contributed by atoms with Gasteiger partial charge in [-0.2, -0.15) is 0 Å². The van der Waals surface area contributed by atoms with E-state index in [4.69, 9.17) is 9.47 Å². The Hall–Kier alpha value is -3.97. The first-order valence-electron chi connectivity index (χ1n) is 11.5. The summed E-state index contributed by atoms with van der Waals surface area (Å²) in [6.07, 6.45) is 0.204. The van der Waals surface area contributed by atoms with Gasteiger partial charge in [0.1, 0.15) is 11.3 Å². The number of methoxy groups -OCH3 is 2. The molecular weight excluding hydrogens is 444 g/mol. The summed E-state index contributed by atoms with van der Waals surface area (Å²) in [6.45, 7) is 0. The van der Waals surface area contributed by atoms with E-state index in [-0.39, 0.29) is 12.3 Å². The maximum absolute atomic E-state index is 13.9. The van der Waals surface area contributed by atoms with Gasteiger partial charge in [-0.05, 0) is 35.4 Å². The lowest BCUT2D eigenvalue weighted by atomic mass is 9.76.